The Bertz CT molecular complexity index is 1200. The van der Waals surface area contributed by atoms with Crippen molar-refractivity contribution >= 4 is 34.6 Å². The molecule has 9 heteroatoms. The first kappa shape index (κ1) is 25.0. The monoisotopic (exact) mass is 481 g/mol. The van der Waals surface area contributed by atoms with E-state index in [1.54, 1.807) is 44.6 Å². The van der Waals surface area contributed by atoms with Crippen LogP contribution in [-0.4, -0.2) is 35.1 Å². The molecule has 34 heavy (non-hydrogen) atoms. The lowest BCUT2D eigenvalue weighted by Crippen LogP contribution is -2.15. The number of benzene rings is 1. The highest BCUT2D eigenvalue weighted by Crippen LogP contribution is 2.35. The van der Waals surface area contributed by atoms with E-state index < -0.39 is 0 Å². The van der Waals surface area contributed by atoms with Gasteiger partial charge in [0.2, 0.25) is 5.88 Å². The van der Waals surface area contributed by atoms with Crippen molar-refractivity contribution in [2.24, 2.45) is 0 Å². The number of nitrogens with zero attached hydrogens (tertiary/aromatic N) is 3. The Kier molecular flexibility index (Phi) is 8.43. The van der Waals surface area contributed by atoms with Crippen LogP contribution in [0.5, 0.6) is 11.6 Å². The highest BCUT2D eigenvalue weighted by molar-refractivity contribution is 6.36. The Morgan fingerprint density at radius 3 is 2.44 bits per heavy atom. The number of hydrogen-bond donors (Lipinski definition) is 2. The van der Waals surface area contributed by atoms with Gasteiger partial charge in [-0.15, -0.1) is 0 Å². The quantitative estimate of drug-likeness (QED) is 0.409. The van der Waals surface area contributed by atoms with Gasteiger partial charge in [-0.2, -0.15) is 0 Å². The highest BCUT2D eigenvalue weighted by Gasteiger charge is 2.20. The number of allylic oxidation sites excluding steroid dienone is 2. The molecule has 2 heterocycles. The molecular formula is C25H28ClN5O3. The summed E-state index contributed by atoms with van der Waals surface area (Å²) in [6.07, 6.45) is 3.76. The normalized spacial score (nSPS) is 11.5. The number of nitrogens with one attached hydrogen (secondary N) is 2. The van der Waals surface area contributed by atoms with Crippen molar-refractivity contribution in [2.45, 2.75) is 33.7 Å². The number of pyridine rings is 1. The number of amides is 1. The minimum Gasteiger partial charge on any atom is -0.497 e. The first-order valence-corrected chi connectivity index (χ1v) is 11.1. The van der Waals surface area contributed by atoms with Crippen molar-refractivity contribution in [3.8, 4) is 11.6 Å². The molecule has 0 unspecified atom stereocenters. The maximum absolute atomic E-state index is 13.0. The molecule has 3 rings (SSSR count). The van der Waals surface area contributed by atoms with E-state index >= 15 is 0 Å². The van der Waals surface area contributed by atoms with Crippen LogP contribution in [0, 0.1) is 0 Å². The summed E-state index contributed by atoms with van der Waals surface area (Å²) in [5.74, 6) is 1.39. The minimum absolute atomic E-state index is 0.282. The van der Waals surface area contributed by atoms with Crippen molar-refractivity contribution in [1.82, 2.24) is 15.0 Å². The molecule has 0 atom stereocenters. The third kappa shape index (κ3) is 5.82. The zero-order valence-corrected chi connectivity index (χ0v) is 20.7. The van der Waals surface area contributed by atoms with Crippen LogP contribution < -0.4 is 20.1 Å². The molecule has 0 saturated heterocycles. The smallest absolute Gasteiger partial charge is 0.258 e. The van der Waals surface area contributed by atoms with Crippen LogP contribution in [0.1, 0.15) is 48.8 Å². The Morgan fingerprint density at radius 2 is 1.79 bits per heavy atom. The minimum atomic E-state index is -0.349. The lowest BCUT2D eigenvalue weighted by molar-refractivity contribution is 0.102. The number of methoxy groups -OCH3 is 2. The number of carbonyl (C=O) groups excluding carboxylic acids is 1. The fraction of sp³-hybridized carbons (Fsp3) is 0.280. The zero-order valence-electron chi connectivity index (χ0n) is 19.9. The van der Waals surface area contributed by atoms with Gasteiger partial charge in [0.1, 0.15) is 17.9 Å². The average molecular weight is 482 g/mol. The van der Waals surface area contributed by atoms with Crippen molar-refractivity contribution in [3.63, 3.8) is 0 Å². The molecule has 1 amide bonds. The molecule has 0 radical (unpaired) electrons. The summed E-state index contributed by atoms with van der Waals surface area (Å²) < 4.78 is 10.3. The fourth-order valence-corrected chi connectivity index (χ4v) is 3.60. The molecular weight excluding hydrogens is 454 g/mol. The summed E-state index contributed by atoms with van der Waals surface area (Å²) in [4.78, 5) is 25.9. The molecule has 0 aliphatic heterocycles. The Labute approximate surface area is 204 Å². The van der Waals surface area contributed by atoms with Gasteiger partial charge in [0.15, 0.2) is 0 Å². The number of rotatable bonds is 9. The fourth-order valence-electron chi connectivity index (χ4n) is 3.23. The van der Waals surface area contributed by atoms with Gasteiger partial charge in [-0.1, -0.05) is 24.1 Å². The molecule has 0 saturated carbocycles. The second-order valence-corrected chi connectivity index (χ2v) is 7.93. The van der Waals surface area contributed by atoms with Gasteiger partial charge < -0.3 is 20.1 Å². The molecule has 1 aromatic carbocycles. The Morgan fingerprint density at radius 1 is 1.06 bits per heavy atom. The second kappa shape index (κ2) is 11.5. The lowest BCUT2D eigenvalue weighted by Gasteiger charge is -2.17. The van der Waals surface area contributed by atoms with Crippen molar-refractivity contribution in [2.75, 3.05) is 24.9 Å². The zero-order chi connectivity index (χ0) is 24.7. The summed E-state index contributed by atoms with van der Waals surface area (Å²) in [7, 11) is 3.14. The van der Waals surface area contributed by atoms with Gasteiger partial charge >= 0.3 is 0 Å². The molecule has 0 bridgehead atoms. The van der Waals surface area contributed by atoms with Gasteiger partial charge in [0.05, 0.1) is 37.0 Å². The number of anilines is 2. The van der Waals surface area contributed by atoms with Crippen LogP contribution in [0.2, 0.25) is 5.02 Å². The predicted molar refractivity (Wildman–Crippen MR) is 135 cm³/mol. The molecule has 0 aliphatic carbocycles. The maximum atomic E-state index is 13.0. The van der Waals surface area contributed by atoms with Crippen LogP contribution in [0.3, 0.4) is 0 Å². The average Bonchev–Trinajstić information content (AvgIpc) is 2.87. The van der Waals surface area contributed by atoms with Crippen LogP contribution in [0.4, 0.5) is 11.5 Å². The van der Waals surface area contributed by atoms with E-state index in [4.69, 9.17) is 21.1 Å². The van der Waals surface area contributed by atoms with Crippen LogP contribution in [-0.2, 0) is 6.54 Å². The van der Waals surface area contributed by atoms with Crippen molar-refractivity contribution < 1.29 is 14.3 Å². The van der Waals surface area contributed by atoms with E-state index in [1.165, 1.54) is 12.5 Å². The van der Waals surface area contributed by atoms with Gasteiger partial charge in [-0.25, -0.2) is 15.0 Å². The van der Waals surface area contributed by atoms with Crippen LogP contribution in [0.25, 0.3) is 5.57 Å². The number of hydrogen-bond acceptors (Lipinski definition) is 7. The topological polar surface area (TPSA) is 98.3 Å². The number of ether oxygens (including phenoxy) is 2. The lowest BCUT2D eigenvalue weighted by atomic mass is 9.99. The highest BCUT2D eigenvalue weighted by atomic mass is 35.5. The van der Waals surface area contributed by atoms with E-state index in [2.05, 4.69) is 32.5 Å². The SMILES string of the molecule is CC/C(C)=C(\C)c1c(NCc2cc(OC)ncn2)ncc(C(=O)Nc2ccc(OC)cc2)c1Cl. The van der Waals surface area contributed by atoms with Gasteiger partial charge in [0, 0.05) is 23.5 Å². The molecule has 178 valence electrons. The summed E-state index contributed by atoms with van der Waals surface area (Å²) in [6.45, 7) is 6.46. The first-order valence-electron chi connectivity index (χ1n) is 10.8. The van der Waals surface area contributed by atoms with Crippen molar-refractivity contribution in [3.05, 3.63) is 70.3 Å². The second-order valence-electron chi connectivity index (χ2n) is 7.56. The van der Waals surface area contributed by atoms with E-state index in [1.807, 2.05) is 13.8 Å². The summed E-state index contributed by atoms with van der Waals surface area (Å²) in [5, 5.41) is 6.48. The van der Waals surface area contributed by atoms with Crippen LogP contribution >= 0.6 is 11.6 Å². The number of carbonyl (C=O) groups is 1. The Hall–Kier alpha value is -3.65. The van der Waals surface area contributed by atoms with Gasteiger partial charge in [0.25, 0.3) is 5.91 Å². The molecule has 0 aliphatic rings. The van der Waals surface area contributed by atoms with Crippen LogP contribution in [0.15, 0.2) is 48.4 Å². The summed E-state index contributed by atoms with van der Waals surface area (Å²) in [5.41, 5.74) is 4.42. The third-order valence-electron chi connectivity index (χ3n) is 5.50. The van der Waals surface area contributed by atoms with E-state index in [-0.39, 0.29) is 11.5 Å². The molecule has 3 aromatic rings. The molecule has 0 fully saturated rings. The third-order valence-corrected chi connectivity index (χ3v) is 5.89. The number of aromatic nitrogens is 3. The number of halogens is 1. The molecule has 2 N–H and O–H groups in total. The standard InChI is InChI=1S/C25H28ClN5O3/c1-6-15(2)16(3)22-23(26)20(25(32)31-17-7-9-19(33-4)10-8-17)13-28-24(22)27-12-18-11-21(34-5)30-14-29-18/h7-11,13-14H,6,12H2,1-5H3,(H,27,28)(H,31,32)/b16-15+. The van der Waals surface area contributed by atoms with Gasteiger partial charge in [-0.3, -0.25) is 4.79 Å². The van der Waals surface area contributed by atoms with E-state index in [0.29, 0.717) is 40.3 Å². The summed E-state index contributed by atoms with van der Waals surface area (Å²) in [6, 6.07) is 8.81. The maximum Gasteiger partial charge on any atom is 0.258 e. The first-order chi connectivity index (χ1) is 16.4. The Balaban J connectivity index is 1.93. The van der Waals surface area contributed by atoms with Crippen molar-refractivity contribution in [1.29, 1.82) is 0 Å². The predicted octanol–water partition coefficient (Wildman–Crippen LogP) is 5.61. The summed E-state index contributed by atoms with van der Waals surface area (Å²) >= 11 is 6.81. The molecule has 8 nitrogen and oxygen atoms in total. The van der Waals surface area contributed by atoms with E-state index in [9.17, 15) is 4.79 Å². The van der Waals surface area contributed by atoms with E-state index in [0.717, 1.165) is 23.3 Å². The molecule has 2 aromatic heterocycles. The van der Waals surface area contributed by atoms with Gasteiger partial charge in [-0.05, 0) is 50.1 Å². The largest absolute Gasteiger partial charge is 0.497 e. The molecule has 0 spiro atoms.